The number of carbonyl (C=O) groups excluding carboxylic acids is 1. The quantitative estimate of drug-likeness (QED) is 0.603. The normalized spacial score (nSPS) is 13.7. The second kappa shape index (κ2) is 7.16. The molecule has 1 unspecified atom stereocenters. The fourth-order valence-electron chi connectivity index (χ4n) is 1.09. The van der Waals surface area contributed by atoms with Crippen LogP contribution in [0.4, 0.5) is 0 Å². The van der Waals surface area contributed by atoms with E-state index in [1.807, 2.05) is 0 Å². The van der Waals surface area contributed by atoms with Crippen LogP contribution in [0.25, 0.3) is 0 Å². The van der Waals surface area contributed by atoms with E-state index in [9.17, 15) is 9.36 Å². The predicted molar refractivity (Wildman–Crippen MR) is 64.3 cm³/mol. The predicted octanol–water partition coefficient (Wildman–Crippen LogP) is 1.79. The van der Waals surface area contributed by atoms with Crippen molar-refractivity contribution in [2.45, 2.75) is 6.92 Å². The van der Waals surface area contributed by atoms with Gasteiger partial charge in [0.05, 0.1) is 6.61 Å². The minimum Gasteiger partial charge on any atom is -0.464 e. The highest BCUT2D eigenvalue weighted by molar-refractivity contribution is 7.54. The van der Waals surface area contributed by atoms with Gasteiger partial charge in [-0.25, -0.2) is 9.36 Å². The van der Waals surface area contributed by atoms with E-state index >= 15 is 0 Å². The Morgan fingerprint density at radius 1 is 1.33 bits per heavy atom. The van der Waals surface area contributed by atoms with Crippen LogP contribution >= 0.6 is 7.60 Å². The molecule has 1 atom stereocenters. The summed E-state index contributed by atoms with van der Waals surface area (Å²) in [6.07, 6.45) is -0.818. The van der Waals surface area contributed by atoms with Gasteiger partial charge in [0.1, 0.15) is 5.75 Å². The highest BCUT2D eigenvalue weighted by atomic mass is 31.2. The van der Waals surface area contributed by atoms with Crippen LogP contribution in [0.2, 0.25) is 0 Å². The molecule has 0 aromatic heterocycles. The summed E-state index contributed by atoms with van der Waals surface area (Å²) < 4.78 is 26.4. The number of aliphatic hydroxyl groups excluding tert-OH is 1. The standard InChI is InChI=1S/C11H15O6P/c1-2-15-11(13)8-16-18(14,9-12)17-10-6-4-3-5-7-10/h3-7,12H,2,8-9H2,1H3. The molecule has 0 aliphatic rings. The Balaban J connectivity index is 2.57. The van der Waals surface area contributed by atoms with Gasteiger partial charge >= 0.3 is 13.6 Å². The molecule has 0 saturated heterocycles. The minimum absolute atomic E-state index is 0.200. The molecule has 6 nitrogen and oxygen atoms in total. The molecule has 0 heterocycles. The molecule has 1 N–H and O–H groups in total. The zero-order valence-corrected chi connectivity index (χ0v) is 10.8. The van der Waals surface area contributed by atoms with E-state index in [1.165, 1.54) is 0 Å². The van der Waals surface area contributed by atoms with Crippen molar-refractivity contribution in [2.75, 3.05) is 19.6 Å². The lowest BCUT2D eigenvalue weighted by molar-refractivity contribution is -0.145. The van der Waals surface area contributed by atoms with Gasteiger partial charge in [-0.1, -0.05) is 18.2 Å². The zero-order chi connectivity index (χ0) is 13.4. The monoisotopic (exact) mass is 274 g/mol. The number of benzene rings is 1. The molecule has 0 bridgehead atoms. The van der Waals surface area contributed by atoms with Gasteiger partial charge in [-0.3, -0.25) is 4.52 Å². The number of rotatable bonds is 7. The third kappa shape index (κ3) is 4.87. The van der Waals surface area contributed by atoms with Crippen LogP contribution in [0, 0.1) is 0 Å². The topological polar surface area (TPSA) is 82.1 Å². The molecule has 18 heavy (non-hydrogen) atoms. The summed E-state index contributed by atoms with van der Waals surface area (Å²) in [6.45, 7) is 1.31. The van der Waals surface area contributed by atoms with Gasteiger partial charge in [-0.2, -0.15) is 0 Å². The first kappa shape index (κ1) is 14.7. The SMILES string of the molecule is CCOC(=O)COP(=O)(CO)Oc1ccccc1. The maximum atomic E-state index is 12.0. The summed E-state index contributed by atoms with van der Waals surface area (Å²) in [5, 5.41) is 9.02. The lowest BCUT2D eigenvalue weighted by Crippen LogP contribution is -2.13. The number of ether oxygens (including phenoxy) is 1. The first-order chi connectivity index (χ1) is 8.59. The summed E-state index contributed by atoms with van der Waals surface area (Å²) in [5.74, 6) is -0.374. The molecule has 0 spiro atoms. The summed E-state index contributed by atoms with van der Waals surface area (Å²) in [4.78, 5) is 11.1. The Labute approximate surface area is 105 Å². The Morgan fingerprint density at radius 3 is 2.56 bits per heavy atom. The van der Waals surface area contributed by atoms with Crippen LogP contribution in [-0.2, 0) is 18.6 Å². The van der Waals surface area contributed by atoms with E-state index in [2.05, 4.69) is 4.74 Å². The molecular formula is C11H15O6P. The van der Waals surface area contributed by atoms with Gasteiger partial charge in [0.25, 0.3) is 0 Å². The third-order valence-electron chi connectivity index (χ3n) is 1.85. The van der Waals surface area contributed by atoms with Gasteiger partial charge < -0.3 is 14.4 Å². The molecule has 100 valence electrons. The van der Waals surface area contributed by atoms with Crippen LogP contribution in [-0.4, -0.2) is 30.6 Å². The number of para-hydroxylation sites is 1. The first-order valence-corrected chi connectivity index (χ1v) is 7.07. The maximum absolute atomic E-state index is 12.0. The number of hydrogen-bond acceptors (Lipinski definition) is 6. The van der Waals surface area contributed by atoms with Gasteiger partial charge in [-0.15, -0.1) is 0 Å². The summed E-state index contributed by atoms with van der Waals surface area (Å²) in [6, 6.07) is 8.26. The zero-order valence-electron chi connectivity index (χ0n) is 9.94. The largest absolute Gasteiger partial charge is 0.464 e. The highest BCUT2D eigenvalue weighted by Crippen LogP contribution is 2.46. The van der Waals surface area contributed by atoms with Crippen molar-refractivity contribution in [3.8, 4) is 5.75 Å². The number of esters is 1. The second-order valence-corrected chi connectivity index (χ2v) is 5.18. The van der Waals surface area contributed by atoms with Crippen LogP contribution in [0.5, 0.6) is 5.75 Å². The van der Waals surface area contributed by atoms with E-state index in [-0.39, 0.29) is 6.61 Å². The van der Waals surface area contributed by atoms with Crippen molar-refractivity contribution in [1.82, 2.24) is 0 Å². The van der Waals surface area contributed by atoms with Gasteiger partial charge in [0.15, 0.2) is 13.0 Å². The number of aliphatic hydroxyl groups is 1. The van der Waals surface area contributed by atoms with E-state index < -0.39 is 26.5 Å². The summed E-state index contributed by atoms with van der Waals surface area (Å²) >= 11 is 0. The van der Waals surface area contributed by atoms with Crippen LogP contribution in [0.3, 0.4) is 0 Å². The van der Waals surface area contributed by atoms with Crippen molar-refractivity contribution in [3.63, 3.8) is 0 Å². The van der Waals surface area contributed by atoms with E-state index in [0.29, 0.717) is 5.75 Å². The molecule has 0 aliphatic heterocycles. The molecule has 7 heteroatoms. The van der Waals surface area contributed by atoms with Crippen molar-refractivity contribution < 1.29 is 28.3 Å². The molecule has 1 aromatic carbocycles. The van der Waals surface area contributed by atoms with E-state index in [0.717, 1.165) is 0 Å². The second-order valence-electron chi connectivity index (χ2n) is 3.24. The molecule has 0 saturated carbocycles. The van der Waals surface area contributed by atoms with Gasteiger partial charge in [0.2, 0.25) is 0 Å². The summed E-state index contributed by atoms with van der Waals surface area (Å²) in [5.41, 5.74) is 0. The average Bonchev–Trinajstić information content (AvgIpc) is 2.38. The Kier molecular flexibility index (Phi) is 5.85. The highest BCUT2D eigenvalue weighted by Gasteiger charge is 2.26. The number of hydrogen-bond donors (Lipinski definition) is 1. The molecule has 1 aromatic rings. The van der Waals surface area contributed by atoms with Crippen molar-refractivity contribution >= 4 is 13.6 Å². The fourth-order valence-corrected chi connectivity index (χ4v) is 2.03. The maximum Gasteiger partial charge on any atom is 0.404 e. The first-order valence-electron chi connectivity index (χ1n) is 5.34. The van der Waals surface area contributed by atoms with E-state index in [4.69, 9.17) is 14.2 Å². The van der Waals surface area contributed by atoms with Gasteiger partial charge in [-0.05, 0) is 19.1 Å². The van der Waals surface area contributed by atoms with Gasteiger partial charge in [0, 0.05) is 0 Å². The molecule has 0 fully saturated rings. The van der Waals surface area contributed by atoms with Crippen LogP contribution < -0.4 is 4.52 Å². The molecule has 1 rings (SSSR count). The van der Waals surface area contributed by atoms with Crippen LogP contribution in [0.1, 0.15) is 6.92 Å². The van der Waals surface area contributed by atoms with Crippen molar-refractivity contribution in [2.24, 2.45) is 0 Å². The van der Waals surface area contributed by atoms with Crippen molar-refractivity contribution in [3.05, 3.63) is 30.3 Å². The molecule has 0 radical (unpaired) electrons. The number of carbonyl (C=O) groups is 1. The average molecular weight is 274 g/mol. The Morgan fingerprint density at radius 2 is 2.00 bits per heavy atom. The Bertz CT molecular complexity index is 419. The lowest BCUT2D eigenvalue weighted by Gasteiger charge is -2.16. The van der Waals surface area contributed by atoms with Crippen LogP contribution in [0.15, 0.2) is 30.3 Å². The fraction of sp³-hybridized carbons (Fsp3) is 0.364. The minimum atomic E-state index is -3.74. The Hall–Kier alpha value is -1.36. The summed E-state index contributed by atoms with van der Waals surface area (Å²) in [7, 11) is -3.74. The molecular weight excluding hydrogens is 259 g/mol. The third-order valence-corrected chi connectivity index (χ3v) is 3.20. The van der Waals surface area contributed by atoms with E-state index in [1.54, 1.807) is 37.3 Å². The smallest absolute Gasteiger partial charge is 0.404 e. The van der Waals surface area contributed by atoms with Crippen molar-refractivity contribution in [1.29, 1.82) is 0 Å². The lowest BCUT2D eigenvalue weighted by atomic mass is 10.3. The molecule has 0 aliphatic carbocycles. The molecule has 0 amide bonds.